The van der Waals surface area contributed by atoms with Gasteiger partial charge >= 0.3 is 18.7 Å². The summed E-state index contributed by atoms with van der Waals surface area (Å²) in [6.45, 7) is 8.11. The van der Waals surface area contributed by atoms with Crippen molar-refractivity contribution in [2.24, 2.45) is 0 Å². The SMILES string of the molecule is Cc1ccc(NC(=O)N(c2ccccc2C(C)C)C2CCC(NC(=O)OC(C)(C)C)CC2)c(OC(F)F)n1. The summed E-state index contributed by atoms with van der Waals surface area (Å²) in [6.07, 6.45) is 2.12. The molecule has 208 valence electrons. The molecule has 1 saturated carbocycles. The standard InChI is InChI=1S/C28H38F2N4O4/c1-17(2)21-9-7-8-10-23(21)34(20-14-12-19(13-15-20)32-27(36)38-28(4,5)6)26(35)33-22-16-11-18(3)31-24(22)37-25(29)30/h7-11,16-17,19-20,25H,12-15H2,1-6H3,(H,32,36)(H,33,35). The Balaban J connectivity index is 1.85. The van der Waals surface area contributed by atoms with E-state index in [1.807, 2.05) is 45.0 Å². The maximum Gasteiger partial charge on any atom is 0.407 e. The fourth-order valence-electron chi connectivity index (χ4n) is 4.60. The third-order valence-corrected chi connectivity index (χ3v) is 6.26. The Labute approximate surface area is 223 Å². The van der Waals surface area contributed by atoms with Crippen molar-refractivity contribution >= 4 is 23.5 Å². The molecular weight excluding hydrogens is 494 g/mol. The smallest absolute Gasteiger partial charge is 0.407 e. The molecule has 3 amide bonds. The minimum atomic E-state index is -3.08. The van der Waals surface area contributed by atoms with Crippen LogP contribution in [0.1, 0.15) is 77.5 Å². The van der Waals surface area contributed by atoms with Gasteiger partial charge in [-0.05, 0) is 83.1 Å². The summed E-state index contributed by atoms with van der Waals surface area (Å²) in [5, 5.41) is 5.68. The van der Waals surface area contributed by atoms with Crippen molar-refractivity contribution < 1.29 is 27.8 Å². The van der Waals surface area contributed by atoms with E-state index in [1.165, 1.54) is 6.07 Å². The number of nitrogens with one attached hydrogen (secondary N) is 2. The molecule has 38 heavy (non-hydrogen) atoms. The maximum atomic E-state index is 13.8. The van der Waals surface area contributed by atoms with E-state index in [0.29, 0.717) is 31.4 Å². The minimum absolute atomic E-state index is 0.0632. The quantitative estimate of drug-likeness (QED) is 0.401. The number of rotatable bonds is 7. The van der Waals surface area contributed by atoms with Crippen molar-refractivity contribution in [1.29, 1.82) is 0 Å². The fourth-order valence-corrected chi connectivity index (χ4v) is 4.60. The van der Waals surface area contributed by atoms with Gasteiger partial charge in [-0.3, -0.25) is 4.90 Å². The van der Waals surface area contributed by atoms with E-state index >= 15 is 0 Å². The van der Waals surface area contributed by atoms with Crippen LogP contribution in [-0.4, -0.2) is 41.4 Å². The predicted molar refractivity (Wildman–Crippen MR) is 143 cm³/mol. The molecule has 2 N–H and O–H groups in total. The molecule has 3 rings (SSSR count). The first-order valence-electron chi connectivity index (χ1n) is 12.9. The molecule has 1 fully saturated rings. The second-order valence-corrected chi connectivity index (χ2v) is 10.8. The van der Waals surface area contributed by atoms with E-state index in [0.717, 1.165) is 11.3 Å². The van der Waals surface area contributed by atoms with E-state index < -0.39 is 24.3 Å². The van der Waals surface area contributed by atoms with Crippen molar-refractivity contribution in [3.05, 3.63) is 47.7 Å². The molecule has 0 spiro atoms. The Morgan fingerprint density at radius 1 is 1.05 bits per heavy atom. The number of alkyl carbamates (subject to hydrolysis) is 1. The molecule has 0 saturated heterocycles. The van der Waals surface area contributed by atoms with Crippen molar-refractivity contribution in [1.82, 2.24) is 10.3 Å². The van der Waals surface area contributed by atoms with E-state index in [4.69, 9.17) is 4.74 Å². The average Bonchev–Trinajstić information content (AvgIpc) is 2.81. The normalized spacial score (nSPS) is 17.7. The van der Waals surface area contributed by atoms with Gasteiger partial charge in [0.15, 0.2) is 0 Å². The number of urea groups is 1. The number of amides is 3. The van der Waals surface area contributed by atoms with Crippen LogP contribution in [0, 0.1) is 6.92 Å². The first-order chi connectivity index (χ1) is 17.8. The molecule has 0 radical (unpaired) electrons. The van der Waals surface area contributed by atoms with Crippen LogP contribution >= 0.6 is 0 Å². The molecule has 1 heterocycles. The van der Waals surface area contributed by atoms with Crippen molar-refractivity contribution in [3.8, 4) is 5.88 Å². The van der Waals surface area contributed by atoms with Crippen molar-refractivity contribution in [2.45, 2.75) is 97.4 Å². The average molecular weight is 533 g/mol. The summed E-state index contributed by atoms with van der Waals surface area (Å²) in [6, 6.07) is 10.1. The number of pyridine rings is 1. The third-order valence-electron chi connectivity index (χ3n) is 6.26. The Morgan fingerprint density at radius 2 is 1.71 bits per heavy atom. The Hall–Kier alpha value is -3.43. The van der Waals surface area contributed by atoms with E-state index in [-0.39, 0.29) is 29.6 Å². The molecular formula is C28H38F2N4O4. The number of ether oxygens (including phenoxy) is 2. The van der Waals surface area contributed by atoms with Gasteiger partial charge in [-0.2, -0.15) is 8.78 Å². The first-order valence-corrected chi connectivity index (χ1v) is 12.9. The van der Waals surface area contributed by atoms with Gasteiger partial charge < -0.3 is 20.1 Å². The van der Waals surface area contributed by atoms with Crippen LogP contribution in [-0.2, 0) is 4.74 Å². The Bertz CT molecular complexity index is 1110. The molecule has 8 nitrogen and oxygen atoms in total. The number of aromatic nitrogens is 1. The van der Waals surface area contributed by atoms with Gasteiger partial charge in [0, 0.05) is 23.5 Å². The fraction of sp³-hybridized carbons (Fsp3) is 0.536. The summed E-state index contributed by atoms with van der Waals surface area (Å²) >= 11 is 0. The number of hydrogen-bond acceptors (Lipinski definition) is 5. The lowest BCUT2D eigenvalue weighted by Gasteiger charge is -2.38. The Kier molecular flexibility index (Phi) is 9.51. The largest absolute Gasteiger partial charge is 0.444 e. The van der Waals surface area contributed by atoms with Gasteiger partial charge in [-0.1, -0.05) is 32.0 Å². The highest BCUT2D eigenvalue weighted by Crippen LogP contribution is 2.34. The zero-order chi connectivity index (χ0) is 28.0. The second-order valence-electron chi connectivity index (χ2n) is 10.8. The summed E-state index contributed by atoms with van der Waals surface area (Å²) in [7, 11) is 0. The molecule has 1 aliphatic carbocycles. The minimum Gasteiger partial charge on any atom is -0.444 e. The van der Waals surface area contributed by atoms with Crippen LogP contribution in [0.5, 0.6) is 5.88 Å². The van der Waals surface area contributed by atoms with Crippen LogP contribution in [0.25, 0.3) is 0 Å². The van der Waals surface area contributed by atoms with E-state index in [9.17, 15) is 18.4 Å². The number of halogens is 2. The van der Waals surface area contributed by atoms with E-state index in [1.54, 1.807) is 17.9 Å². The van der Waals surface area contributed by atoms with Crippen LogP contribution in [0.4, 0.5) is 29.7 Å². The number of benzene rings is 1. The number of carbonyl (C=O) groups is 2. The molecule has 1 aliphatic rings. The monoisotopic (exact) mass is 532 g/mol. The predicted octanol–water partition coefficient (Wildman–Crippen LogP) is 6.99. The number of carbonyl (C=O) groups excluding carboxylic acids is 2. The topological polar surface area (TPSA) is 92.8 Å². The van der Waals surface area contributed by atoms with Crippen LogP contribution in [0.2, 0.25) is 0 Å². The lowest BCUT2D eigenvalue weighted by molar-refractivity contribution is -0.0523. The molecule has 1 aromatic heterocycles. The molecule has 2 aromatic rings. The molecule has 0 aliphatic heterocycles. The highest BCUT2D eigenvalue weighted by atomic mass is 19.3. The van der Waals surface area contributed by atoms with Gasteiger partial charge in [0.1, 0.15) is 11.3 Å². The second kappa shape index (κ2) is 12.4. The molecule has 0 atom stereocenters. The van der Waals surface area contributed by atoms with Crippen LogP contribution in [0.3, 0.4) is 0 Å². The van der Waals surface area contributed by atoms with Crippen molar-refractivity contribution in [2.75, 3.05) is 10.2 Å². The Morgan fingerprint density at radius 3 is 2.32 bits per heavy atom. The lowest BCUT2D eigenvalue weighted by atomic mass is 9.89. The third kappa shape index (κ3) is 8.03. The van der Waals surface area contributed by atoms with Crippen molar-refractivity contribution in [3.63, 3.8) is 0 Å². The highest BCUT2D eigenvalue weighted by Gasteiger charge is 2.33. The number of para-hydroxylation sites is 1. The van der Waals surface area contributed by atoms with Gasteiger partial charge in [0.25, 0.3) is 0 Å². The summed E-state index contributed by atoms with van der Waals surface area (Å²) < 4.78 is 36.0. The number of hydrogen-bond donors (Lipinski definition) is 2. The lowest BCUT2D eigenvalue weighted by Crippen LogP contribution is -2.48. The van der Waals surface area contributed by atoms with Crippen LogP contribution < -0.4 is 20.3 Å². The van der Waals surface area contributed by atoms with Gasteiger partial charge in [0.05, 0.1) is 0 Å². The number of alkyl halides is 2. The molecule has 0 bridgehead atoms. The highest BCUT2D eigenvalue weighted by molar-refractivity contribution is 6.03. The maximum absolute atomic E-state index is 13.8. The summed E-state index contributed by atoms with van der Waals surface area (Å²) in [4.78, 5) is 31.8. The molecule has 10 heteroatoms. The van der Waals surface area contributed by atoms with Crippen LogP contribution in [0.15, 0.2) is 36.4 Å². The number of nitrogens with zero attached hydrogens (tertiary/aromatic N) is 2. The molecule has 1 aromatic carbocycles. The van der Waals surface area contributed by atoms with Gasteiger partial charge in [0.2, 0.25) is 5.88 Å². The van der Waals surface area contributed by atoms with E-state index in [2.05, 4.69) is 34.2 Å². The first kappa shape index (κ1) is 29.1. The number of anilines is 2. The zero-order valence-corrected chi connectivity index (χ0v) is 22.9. The number of aryl methyl sites for hydroxylation is 1. The zero-order valence-electron chi connectivity index (χ0n) is 22.9. The molecule has 0 unspecified atom stereocenters. The summed E-state index contributed by atoms with van der Waals surface area (Å²) in [5.74, 6) is -0.193. The van der Waals surface area contributed by atoms with Gasteiger partial charge in [-0.15, -0.1) is 0 Å². The van der Waals surface area contributed by atoms with Gasteiger partial charge in [-0.25, -0.2) is 14.6 Å². The summed E-state index contributed by atoms with van der Waals surface area (Å²) in [5.41, 5.74) is 1.70.